The predicted octanol–water partition coefficient (Wildman–Crippen LogP) is 9.20. The number of piperazine rings is 2. The van der Waals surface area contributed by atoms with E-state index in [0.717, 1.165) is 89.7 Å². The van der Waals surface area contributed by atoms with Crippen LogP contribution in [0.15, 0.2) is 123 Å². The van der Waals surface area contributed by atoms with E-state index in [4.69, 9.17) is 15.3 Å². The minimum atomic E-state index is -0.445. The number of amides is 6. The molecule has 0 radical (unpaired) electrons. The van der Waals surface area contributed by atoms with Crippen LogP contribution in [-0.2, 0) is 9.59 Å². The number of benzene rings is 4. The Labute approximate surface area is 500 Å². The number of aryl methyl sites for hydroxylation is 2. The molecule has 6 amide bonds. The van der Waals surface area contributed by atoms with Crippen molar-refractivity contribution in [1.29, 1.82) is 0 Å². The van der Waals surface area contributed by atoms with E-state index in [1.165, 1.54) is 28.6 Å². The third-order valence-corrected chi connectivity index (χ3v) is 15.5. The van der Waals surface area contributed by atoms with Crippen LogP contribution < -0.4 is 40.9 Å². The quantitative estimate of drug-likeness (QED) is 0.0471. The van der Waals surface area contributed by atoms with Crippen molar-refractivity contribution in [2.45, 2.75) is 59.3 Å². The second-order valence-corrected chi connectivity index (χ2v) is 21.6. The first kappa shape index (κ1) is 61.1. The van der Waals surface area contributed by atoms with Gasteiger partial charge in [-0.25, -0.2) is 0 Å². The van der Waals surface area contributed by atoms with Gasteiger partial charge in [-0.05, 0) is 152 Å². The van der Waals surface area contributed by atoms with E-state index in [1.54, 1.807) is 49.4 Å². The van der Waals surface area contributed by atoms with Gasteiger partial charge in [-0.2, -0.15) is 0 Å². The molecule has 4 fully saturated rings. The Morgan fingerprint density at radius 3 is 1.30 bits per heavy atom. The molecule has 19 heteroatoms. The smallest absolute Gasteiger partial charge is 0.291 e. The Hall–Kier alpha value is -8.94. The lowest BCUT2D eigenvalue weighted by Crippen LogP contribution is -2.47. The van der Waals surface area contributed by atoms with Gasteiger partial charge in [-0.1, -0.05) is 36.4 Å². The van der Waals surface area contributed by atoms with Gasteiger partial charge in [0.05, 0.1) is 22.7 Å². The largest absolute Gasteiger partial charge is 0.444 e. The molecule has 0 aliphatic carbocycles. The van der Waals surface area contributed by atoms with Crippen molar-refractivity contribution < 1.29 is 37.6 Å². The van der Waals surface area contributed by atoms with Gasteiger partial charge in [-0.15, -0.1) is 18.8 Å². The minimum absolute atomic E-state index is 0.0968. The first-order valence-corrected chi connectivity index (χ1v) is 29.4. The highest BCUT2D eigenvalue weighted by atomic mass is 79.9. The standard InChI is InChI=1S/C32H35N5O4.C30H34BrN5O4.C3H4/c1-3-25-12-14-29(41-25)32(40)34-26-22-24(31(39)33-15-7-17-37-16-6-10-30(37)38)11-13-28(26)36-20-18-35(19-21-36)27-9-5-4-8-23(27)2;1-21-6-2-3-7-24(21)34-16-18-35(19-17-34)25-10-9-22(20-23(25)33-30(39)26-11-12-27(31)40-26)29(38)32-13-5-15-36-14-4-8-28(36)37;1-3-2/h1,4-5,8-9,11-14,22H,6-7,10,15-21H2,2H3,(H,33,39)(H,34,40);2-3,6-7,9-12,20H,4-5,8,13-19H2,1H3,(H,32,38)(H,33,39);1H,2H3. The number of nitrogens with one attached hydrogen (secondary N) is 4. The number of rotatable bonds is 18. The van der Waals surface area contributed by atoms with Gasteiger partial charge >= 0.3 is 0 Å². The Morgan fingerprint density at radius 2 is 0.929 bits per heavy atom. The number of likely N-dealkylation sites (tertiary alicyclic amines) is 2. The number of anilines is 6. The zero-order chi connectivity index (χ0) is 59.5. The number of para-hydroxylation sites is 2. The van der Waals surface area contributed by atoms with Crippen molar-refractivity contribution in [2.75, 3.05) is 122 Å². The molecule has 4 aliphatic heterocycles. The lowest BCUT2D eigenvalue weighted by atomic mass is 10.1. The molecular formula is C65H73BrN10O8. The fourth-order valence-electron chi connectivity index (χ4n) is 10.7. The minimum Gasteiger partial charge on any atom is -0.444 e. The number of nitrogens with zero attached hydrogens (tertiary/aromatic N) is 6. The maximum absolute atomic E-state index is 13.1. The van der Waals surface area contributed by atoms with Crippen LogP contribution in [0.25, 0.3) is 0 Å². The SMILES string of the molecule is C#CC.C#Cc1ccc(C(=O)Nc2cc(C(=O)NCCCN3CCCC3=O)ccc2N2CCN(c3ccccc3C)CC2)o1.Cc1ccccc1N1CCN(c2ccc(C(=O)NCCCN3CCCC3=O)cc2NC(=O)c2ccc(Br)o2)CC1. The molecular weight excluding hydrogens is 1130 g/mol. The number of hydrogen-bond acceptors (Lipinski definition) is 12. The molecule has 6 heterocycles. The maximum Gasteiger partial charge on any atom is 0.291 e. The van der Waals surface area contributed by atoms with Crippen LogP contribution in [0.1, 0.15) is 104 Å². The summed E-state index contributed by atoms with van der Waals surface area (Å²) < 4.78 is 11.4. The zero-order valence-corrected chi connectivity index (χ0v) is 49.6. The highest BCUT2D eigenvalue weighted by Crippen LogP contribution is 2.33. The van der Waals surface area contributed by atoms with Crippen LogP contribution in [0, 0.1) is 38.5 Å². The van der Waals surface area contributed by atoms with Crippen molar-refractivity contribution in [3.63, 3.8) is 0 Å². The van der Waals surface area contributed by atoms with Gasteiger partial charge in [0.25, 0.3) is 23.6 Å². The summed E-state index contributed by atoms with van der Waals surface area (Å²) in [7, 11) is 0. The van der Waals surface area contributed by atoms with Crippen molar-refractivity contribution in [2.24, 2.45) is 0 Å². The van der Waals surface area contributed by atoms with Gasteiger partial charge in [0.2, 0.25) is 11.8 Å². The second kappa shape index (κ2) is 29.9. The number of terminal acetylenes is 2. The summed E-state index contributed by atoms with van der Waals surface area (Å²) in [4.78, 5) is 88.6. The van der Waals surface area contributed by atoms with E-state index in [2.05, 4.69) is 125 Å². The summed E-state index contributed by atoms with van der Waals surface area (Å²) in [5, 5.41) is 11.8. The molecule has 4 aliphatic rings. The molecule has 4 N–H and O–H groups in total. The topological polar surface area (TPSA) is 196 Å². The molecule has 84 heavy (non-hydrogen) atoms. The molecule has 0 spiro atoms. The van der Waals surface area contributed by atoms with Crippen LogP contribution in [0.5, 0.6) is 0 Å². The first-order valence-electron chi connectivity index (χ1n) is 28.6. The summed E-state index contributed by atoms with van der Waals surface area (Å²) in [5.41, 5.74) is 8.59. The predicted molar refractivity (Wildman–Crippen MR) is 333 cm³/mol. The average molecular weight is 1200 g/mol. The lowest BCUT2D eigenvalue weighted by molar-refractivity contribution is -0.128. The van der Waals surface area contributed by atoms with Crippen LogP contribution in [0.3, 0.4) is 0 Å². The van der Waals surface area contributed by atoms with E-state index >= 15 is 0 Å². The lowest BCUT2D eigenvalue weighted by Gasteiger charge is -2.38. The normalized spacial score (nSPS) is 14.8. The summed E-state index contributed by atoms with van der Waals surface area (Å²) in [6.07, 6.45) is 14.4. The molecule has 2 aromatic heterocycles. The van der Waals surface area contributed by atoms with Crippen LogP contribution >= 0.6 is 15.9 Å². The fourth-order valence-corrected chi connectivity index (χ4v) is 11.0. The third kappa shape index (κ3) is 16.2. The van der Waals surface area contributed by atoms with Crippen LogP contribution in [-0.4, -0.2) is 137 Å². The molecule has 0 saturated carbocycles. The Kier molecular flexibility index (Phi) is 21.7. The maximum atomic E-state index is 13.1. The number of halogens is 1. The monoisotopic (exact) mass is 1200 g/mol. The number of hydrogen-bond donors (Lipinski definition) is 4. The third-order valence-electron chi connectivity index (χ3n) is 15.1. The van der Waals surface area contributed by atoms with Crippen LogP contribution in [0.4, 0.5) is 34.1 Å². The second-order valence-electron chi connectivity index (χ2n) is 20.8. The molecule has 6 aromatic rings. The molecule has 0 unspecified atom stereocenters. The van der Waals surface area contributed by atoms with E-state index in [9.17, 15) is 28.8 Å². The van der Waals surface area contributed by atoms with Gasteiger partial charge in [0, 0.05) is 127 Å². The van der Waals surface area contributed by atoms with Crippen molar-refractivity contribution in [3.05, 3.63) is 153 Å². The molecule has 4 aromatic carbocycles. The molecule has 0 bridgehead atoms. The highest BCUT2D eigenvalue weighted by molar-refractivity contribution is 9.10. The highest BCUT2D eigenvalue weighted by Gasteiger charge is 2.27. The van der Waals surface area contributed by atoms with E-state index in [0.29, 0.717) is 79.0 Å². The Morgan fingerprint density at radius 1 is 0.524 bits per heavy atom. The van der Waals surface area contributed by atoms with Gasteiger partial charge in [0.15, 0.2) is 22.0 Å². The average Bonchev–Trinajstić information content (AvgIpc) is 4.45. The van der Waals surface area contributed by atoms with E-state index in [1.807, 2.05) is 34.1 Å². The molecule has 10 rings (SSSR count). The molecule has 438 valence electrons. The van der Waals surface area contributed by atoms with Gasteiger partial charge in [-0.3, -0.25) is 28.8 Å². The van der Waals surface area contributed by atoms with Crippen molar-refractivity contribution >= 4 is 85.5 Å². The van der Waals surface area contributed by atoms with Gasteiger partial charge < -0.3 is 59.5 Å². The van der Waals surface area contributed by atoms with Crippen molar-refractivity contribution in [3.8, 4) is 24.7 Å². The summed E-state index contributed by atoms with van der Waals surface area (Å²) in [6.45, 7) is 16.0. The Balaban J connectivity index is 0.000000209. The summed E-state index contributed by atoms with van der Waals surface area (Å²) in [6, 6.07) is 33.9. The Bertz CT molecular complexity index is 3380. The first-order chi connectivity index (χ1) is 40.7. The zero-order valence-electron chi connectivity index (χ0n) is 48.0. The molecule has 0 atom stereocenters. The molecule has 4 saturated heterocycles. The fraction of sp³-hybridized carbons (Fsp3) is 0.354. The number of furan rings is 2. The number of carbonyl (C=O) groups excluding carboxylic acids is 6. The summed E-state index contributed by atoms with van der Waals surface area (Å²) >= 11 is 3.24. The van der Waals surface area contributed by atoms with Crippen LogP contribution in [0.2, 0.25) is 0 Å². The summed E-state index contributed by atoms with van der Waals surface area (Å²) in [5.74, 6) is 4.24. The number of carbonyl (C=O) groups is 6. The van der Waals surface area contributed by atoms with E-state index < -0.39 is 11.8 Å². The van der Waals surface area contributed by atoms with Crippen molar-refractivity contribution in [1.82, 2.24) is 20.4 Å². The van der Waals surface area contributed by atoms with Gasteiger partial charge in [0.1, 0.15) is 0 Å². The molecule has 18 nitrogen and oxygen atoms in total. The van der Waals surface area contributed by atoms with E-state index in [-0.39, 0.29) is 40.9 Å².